The smallest absolute Gasteiger partial charge is 0.306 e. The summed E-state index contributed by atoms with van der Waals surface area (Å²) in [6, 6.07) is 0. The van der Waals surface area contributed by atoms with Crippen LogP contribution in [0.4, 0.5) is 0 Å². The van der Waals surface area contributed by atoms with Crippen molar-refractivity contribution in [3.63, 3.8) is 0 Å². The molecular weight excluding hydrogens is 596 g/mol. The molecule has 0 bridgehead atoms. The molecule has 0 saturated heterocycles. The first-order chi connectivity index (χ1) is 23.6. The van der Waals surface area contributed by atoms with Crippen molar-refractivity contribution in [2.75, 3.05) is 13.2 Å². The lowest BCUT2D eigenvalue weighted by atomic mass is 10.1. The van der Waals surface area contributed by atoms with Crippen molar-refractivity contribution in [1.82, 2.24) is 0 Å². The fraction of sp³-hybridized carbons (Fsp3) is 0.535. The van der Waals surface area contributed by atoms with Crippen molar-refractivity contribution in [2.24, 2.45) is 0 Å². The van der Waals surface area contributed by atoms with Crippen molar-refractivity contribution in [3.8, 4) is 0 Å². The Morgan fingerprint density at radius 1 is 0.479 bits per heavy atom. The molecule has 0 aliphatic carbocycles. The summed E-state index contributed by atoms with van der Waals surface area (Å²) in [5, 5.41) is 9.53. The van der Waals surface area contributed by atoms with Gasteiger partial charge in [-0.15, -0.1) is 0 Å². The summed E-state index contributed by atoms with van der Waals surface area (Å²) in [5.74, 6) is -0.692. The summed E-state index contributed by atoms with van der Waals surface area (Å²) in [5.41, 5.74) is 0. The second-order valence-electron chi connectivity index (χ2n) is 11.5. The zero-order chi connectivity index (χ0) is 35.0. The monoisotopic (exact) mass is 662 g/mol. The summed E-state index contributed by atoms with van der Waals surface area (Å²) in [4.78, 5) is 24.2. The second kappa shape index (κ2) is 38.0. The minimum absolute atomic E-state index is 0.109. The second-order valence-corrected chi connectivity index (χ2v) is 11.5. The van der Waals surface area contributed by atoms with Crippen LogP contribution in [0.2, 0.25) is 0 Å². The van der Waals surface area contributed by atoms with E-state index in [0.29, 0.717) is 12.8 Å². The summed E-state index contributed by atoms with van der Waals surface area (Å²) >= 11 is 0. The van der Waals surface area contributed by atoms with Crippen LogP contribution in [0.1, 0.15) is 129 Å². The van der Waals surface area contributed by atoms with Crippen LogP contribution in [0.3, 0.4) is 0 Å². The highest BCUT2D eigenvalue weighted by Crippen LogP contribution is 2.08. The van der Waals surface area contributed by atoms with E-state index in [2.05, 4.69) is 123 Å². The molecule has 0 heterocycles. The Morgan fingerprint density at radius 2 is 0.833 bits per heavy atom. The number of hydrogen-bond acceptors (Lipinski definition) is 5. The number of aliphatic hydroxyl groups excluding tert-OH is 1. The van der Waals surface area contributed by atoms with Gasteiger partial charge in [-0.2, -0.15) is 0 Å². The number of allylic oxidation sites excluding steroid dienone is 18. The Kier molecular flexibility index (Phi) is 35.3. The average Bonchev–Trinajstić information content (AvgIpc) is 3.09. The van der Waals surface area contributed by atoms with E-state index in [-0.39, 0.29) is 25.2 Å². The zero-order valence-corrected chi connectivity index (χ0v) is 30.2. The van der Waals surface area contributed by atoms with E-state index in [1.54, 1.807) is 0 Å². The standard InChI is InChI=1S/C43H66O5/c1-3-5-7-9-11-13-15-17-19-20-21-22-24-26-28-30-32-34-36-38-43(46)48-41(39-44)40-47-42(45)37-35-33-31-29-27-25-23-18-16-14-12-10-8-6-4-2/h5-8,11-14,17-19,21-23,26-29,41,44H,3-4,9-10,15-16,20,24-25,30-40H2,1-2H3/b7-5-,8-6-,13-11-,14-12-,19-17-,22-21-,23-18-,28-26-,29-27-/t41-/m0/s1. The molecule has 0 unspecified atom stereocenters. The van der Waals surface area contributed by atoms with E-state index < -0.39 is 6.10 Å². The van der Waals surface area contributed by atoms with Crippen molar-refractivity contribution in [1.29, 1.82) is 0 Å². The minimum Gasteiger partial charge on any atom is -0.462 e. The van der Waals surface area contributed by atoms with Crippen molar-refractivity contribution >= 4 is 11.9 Å². The van der Waals surface area contributed by atoms with Crippen molar-refractivity contribution < 1.29 is 24.2 Å². The predicted octanol–water partition coefficient (Wildman–Crippen LogP) is 11.5. The highest BCUT2D eigenvalue weighted by Gasteiger charge is 2.15. The van der Waals surface area contributed by atoms with Crippen LogP contribution in [-0.4, -0.2) is 36.4 Å². The van der Waals surface area contributed by atoms with Gasteiger partial charge in [-0.3, -0.25) is 9.59 Å². The SMILES string of the molecule is CC/C=C\C/C=C\C/C=C\C/C=C\C/C=C\CCCCCC(=O)O[C@@H](CO)COC(=O)CCCC/C=C\C/C=C\C/C=C\C/C=C\CC. The van der Waals surface area contributed by atoms with Gasteiger partial charge in [0.15, 0.2) is 6.10 Å². The lowest BCUT2D eigenvalue weighted by Gasteiger charge is -2.15. The summed E-state index contributed by atoms with van der Waals surface area (Å²) in [6.07, 6.45) is 54.3. The maximum Gasteiger partial charge on any atom is 0.306 e. The van der Waals surface area contributed by atoms with Crippen LogP contribution in [0, 0.1) is 0 Å². The zero-order valence-electron chi connectivity index (χ0n) is 30.2. The van der Waals surface area contributed by atoms with E-state index >= 15 is 0 Å². The highest BCUT2D eigenvalue weighted by atomic mass is 16.6. The Labute approximate surface area is 293 Å². The Balaban J connectivity index is 3.76. The van der Waals surface area contributed by atoms with Crippen LogP contribution < -0.4 is 0 Å². The van der Waals surface area contributed by atoms with E-state index in [0.717, 1.165) is 103 Å². The Hall–Kier alpha value is -3.44. The molecule has 0 rings (SSSR count). The van der Waals surface area contributed by atoms with E-state index in [9.17, 15) is 14.7 Å². The average molecular weight is 663 g/mol. The van der Waals surface area contributed by atoms with E-state index in [4.69, 9.17) is 9.47 Å². The lowest BCUT2D eigenvalue weighted by molar-refractivity contribution is -0.161. The summed E-state index contributed by atoms with van der Waals surface area (Å²) in [6.45, 7) is 3.81. The topological polar surface area (TPSA) is 72.8 Å². The van der Waals surface area contributed by atoms with Crippen molar-refractivity contribution in [2.45, 2.75) is 136 Å². The van der Waals surface area contributed by atoms with Gasteiger partial charge in [0.05, 0.1) is 6.61 Å². The van der Waals surface area contributed by atoms with Gasteiger partial charge in [0, 0.05) is 12.8 Å². The number of rotatable bonds is 31. The van der Waals surface area contributed by atoms with Crippen molar-refractivity contribution in [3.05, 3.63) is 109 Å². The molecule has 0 radical (unpaired) electrons. The van der Waals surface area contributed by atoms with Crippen LogP contribution in [0.15, 0.2) is 109 Å². The first-order valence-electron chi connectivity index (χ1n) is 18.4. The molecule has 0 aliphatic heterocycles. The first-order valence-corrected chi connectivity index (χ1v) is 18.4. The molecule has 0 spiro atoms. The fourth-order valence-corrected chi connectivity index (χ4v) is 4.33. The number of ether oxygens (including phenoxy) is 2. The number of aliphatic hydroxyl groups is 1. The molecule has 1 atom stereocenters. The maximum absolute atomic E-state index is 12.1. The molecule has 5 heteroatoms. The maximum atomic E-state index is 12.1. The number of esters is 2. The molecular formula is C43H66O5. The molecule has 268 valence electrons. The molecule has 0 fully saturated rings. The fourth-order valence-electron chi connectivity index (χ4n) is 4.33. The Morgan fingerprint density at radius 3 is 1.25 bits per heavy atom. The van der Waals surface area contributed by atoms with E-state index in [1.165, 1.54) is 0 Å². The number of carbonyl (C=O) groups excluding carboxylic acids is 2. The highest BCUT2D eigenvalue weighted by molar-refractivity contribution is 5.70. The summed E-state index contributed by atoms with van der Waals surface area (Å²) < 4.78 is 10.5. The molecule has 0 aromatic rings. The van der Waals surface area contributed by atoms with Gasteiger partial charge in [0.25, 0.3) is 0 Å². The van der Waals surface area contributed by atoms with Crippen LogP contribution in [0.25, 0.3) is 0 Å². The third kappa shape index (κ3) is 35.4. The largest absolute Gasteiger partial charge is 0.462 e. The van der Waals surface area contributed by atoms with Gasteiger partial charge in [0.2, 0.25) is 0 Å². The third-order valence-corrected chi connectivity index (χ3v) is 7.06. The van der Waals surface area contributed by atoms with Crippen LogP contribution >= 0.6 is 0 Å². The third-order valence-electron chi connectivity index (χ3n) is 7.06. The molecule has 1 N–H and O–H groups in total. The number of carbonyl (C=O) groups is 2. The molecule has 0 aromatic carbocycles. The first kappa shape index (κ1) is 44.6. The molecule has 0 amide bonds. The van der Waals surface area contributed by atoms with Gasteiger partial charge >= 0.3 is 11.9 Å². The van der Waals surface area contributed by atoms with E-state index in [1.807, 2.05) is 0 Å². The van der Waals surface area contributed by atoms with Gasteiger partial charge in [-0.05, 0) is 96.3 Å². The van der Waals surface area contributed by atoms with Crippen LogP contribution in [0.5, 0.6) is 0 Å². The molecule has 0 aromatic heterocycles. The number of hydrogen-bond donors (Lipinski definition) is 1. The molecule has 48 heavy (non-hydrogen) atoms. The quantitative estimate of drug-likeness (QED) is 0.0454. The molecule has 0 aliphatic rings. The summed E-state index contributed by atoms with van der Waals surface area (Å²) in [7, 11) is 0. The van der Waals surface area contributed by atoms with Gasteiger partial charge in [0.1, 0.15) is 6.61 Å². The normalized spacial score (nSPS) is 13.5. The predicted molar refractivity (Wildman–Crippen MR) is 205 cm³/mol. The lowest BCUT2D eigenvalue weighted by Crippen LogP contribution is -2.28. The number of unbranched alkanes of at least 4 members (excludes halogenated alkanes) is 5. The van der Waals surface area contributed by atoms with Gasteiger partial charge in [-0.1, -0.05) is 130 Å². The van der Waals surface area contributed by atoms with Gasteiger partial charge in [-0.25, -0.2) is 0 Å². The van der Waals surface area contributed by atoms with Crippen LogP contribution in [-0.2, 0) is 19.1 Å². The molecule has 0 saturated carbocycles. The minimum atomic E-state index is -0.813. The van der Waals surface area contributed by atoms with Gasteiger partial charge < -0.3 is 14.6 Å². The molecule has 5 nitrogen and oxygen atoms in total. The Bertz CT molecular complexity index is 1020.